The number of aromatic carboxylic acids is 1. The van der Waals surface area contributed by atoms with Gasteiger partial charge in [0.1, 0.15) is 0 Å². The molecule has 0 spiro atoms. The quantitative estimate of drug-likeness (QED) is 0.553. The van der Waals surface area contributed by atoms with Gasteiger partial charge in [0.15, 0.2) is 0 Å². The number of nitrogens with one attached hydrogen (secondary N) is 2. The van der Waals surface area contributed by atoms with Crippen LogP contribution in [-0.2, 0) is 4.79 Å². The smallest absolute Gasteiger partial charge is 0.335 e. The van der Waals surface area contributed by atoms with E-state index in [1.54, 1.807) is 0 Å². The van der Waals surface area contributed by atoms with E-state index in [0.717, 1.165) is 0 Å². The van der Waals surface area contributed by atoms with E-state index < -0.39 is 5.97 Å². The number of terminal acetylenes is 1. The number of hydrogen-bond donors (Lipinski definition) is 3. The number of carbonyl (C=O) groups excluding carboxylic acids is 1. The molecular formula is C12H11ClN2O3. The number of carboxylic acid groups (broad SMARTS) is 1. The van der Waals surface area contributed by atoms with E-state index in [1.165, 1.54) is 18.2 Å². The highest BCUT2D eigenvalue weighted by atomic mass is 35.5. The molecule has 6 heteroatoms. The average molecular weight is 267 g/mol. The molecule has 1 amide bonds. The van der Waals surface area contributed by atoms with Crippen molar-refractivity contribution in [3.63, 3.8) is 0 Å². The lowest BCUT2D eigenvalue weighted by Crippen LogP contribution is -2.28. The molecular weight excluding hydrogens is 256 g/mol. The van der Waals surface area contributed by atoms with Crippen molar-refractivity contribution in [2.75, 3.05) is 18.4 Å². The summed E-state index contributed by atoms with van der Waals surface area (Å²) in [6.45, 7) is 0.300. The van der Waals surface area contributed by atoms with Gasteiger partial charge < -0.3 is 10.4 Å². The molecule has 5 nitrogen and oxygen atoms in total. The Balaban J connectivity index is 2.72. The summed E-state index contributed by atoms with van der Waals surface area (Å²) in [6, 6.07) is 4.07. The molecule has 0 saturated heterocycles. The summed E-state index contributed by atoms with van der Waals surface area (Å²) in [5, 5.41) is 14.3. The highest BCUT2D eigenvalue weighted by molar-refractivity contribution is 6.33. The van der Waals surface area contributed by atoms with Crippen molar-refractivity contribution in [1.82, 2.24) is 5.32 Å². The molecule has 0 aliphatic carbocycles. The van der Waals surface area contributed by atoms with Crippen LogP contribution in [0.4, 0.5) is 5.69 Å². The van der Waals surface area contributed by atoms with Crippen LogP contribution in [0.1, 0.15) is 10.4 Å². The standard InChI is InChI=1S/C12H11ClN2O3/c1-2-5-14-7-11(16)15-10-6-8(12(17)18)3-4-9(10)13/h1,3-4,6,14H,5,7H2,(H,15,16)(H,17,18). The zero-order valence-electron chi connectivity index (χ0n) is 9.37. The zero-order chi connectivity index (χ0) is 13.5. The number of rotatable bonds is 5. The third-order valence-electron chi connectivity index (χ3n) is 2.00. The van der Waals surface area contributed by atoms with Crippen LogP contribution in [-0.4, -0.2) is 30.1 Å². The Bertz CT molecular complexity index is 509. The fourth-order valence-corrected chi connectivity index (χ4v) is 1.36. The minimum Gasteiger partial charge on any atom is -0.478 e. The SMILES string of the molecule is C#CCNCC(=O)Nc1cc(C(=O)O)ccc1Cl. The highest BCUT2D eigenvalue weighted by Crippen LogP contribution is 2.22. The summed E-state index contributed by atoms with van der Waals surface area (Å²) < 4.78 is 0. The molecule has 0 aromatic heterocycles. The molecule has 0 unspecified atom stereocenters. The van der Waals surface area contributed by atoms with Crippen LogP contribution in [0.3, 0.4) is 0 Å². The first-order valence-electron chi connectivity index (χ1n) is 5.01. The van der Waals surface area contributed by atoms with Gasteiger partial charge in [-0.15, -0.1) is 6.42 Å². The van der Waals surface area contributed by atoms with Gasteiger partial charge in [-0.1, -0.05) is 17.5 Å². The maximum Gasteiger partial charge on any atom is 0.335 e. The second-order valence-corrected chi connectivity index (χ2v) is 3.76. The van der Waals surface area contributed by atoms with Gasteiger partial charge >= 0.3 is 5.97 Å². The van der Waals surface area contributed by atoms with Crippen molar-refractivity contribution in [2.45, 2.75) is 0 Å². The van der Waals surface area contributed by atoms with Crippen LogP contribution < -0.4 is 10.6 Å². The number of benzene rings is 1. The summed E-state index contributed by atoms with van der Waals surface area (Å²) in [5.74, 6) is 0.885. The minimum atomic E-state index is -1.09. The molecule has 3 N–H and O–H groups in total. The maximum atomic E-state index is 11.5. The van der Waals surface area contributed by atoms with Gasteiger partial charge in [-0.25, -0.2) is 4.79 Å². The topological polar surface area (TPSA) is 78.4 Å². The molecule has 0 atom stereocenters. The van der Waals surface area contributed by atoms with Crippen LogP contribution in [0.5, 0.6) is 0 Å². The third kappa shape index (κ3) is 4.09. The van der Waals surface area contributed by atoms with Crippen molar-refractivity contribution in [3.05, 3.63) is 28.8 Å². The number of amides is 1. The maximum absolute atomic E-state index is 11.5. The van der Waals surface area contributed by atoms with Gasteiger partial charge in [0.2, 0.25) is 5.91 Å². The Hall–Kier alpha value is -2.03. The minimum absolute atomic E-state index is 0.0256. The molecule has 0 heterocycles. The second-order valence-electron chi connectivity index (χ2n) is 3.36. The molecule has 18 heavy (non-hydrogen) atoms. The molecule has 1 rings (SSSR count). The summed E-state index contributed by atoms with van der Waals surface area (Å²) in [4.78, 5) is 22.2. The van der Waals surface area contributed by atoms with Crippen molar-refractivity contribution in [1.29, 1.82) is 0 Å². The van der Waals surface area contributed by atoms with E-state index in [0.29, 0.717) is 0 Å². The Labute approximate surface area is 109 Å². The molecule has 1 aromatic rings. The van der Waals surface area contributed by atoms with Gasteiger partial charge in [0.25, 0.3) is 0 Å². The van der Waals surface area contributed by atoms with E-state index in [9.17, 15) is 9.59 Å². The zero-order valence-corrected chi connectivity index (χ0v) is 10.1. The van der Waals surface area contributed by atoms with Crippen LogP contribution in [0, 0.1) is 12.3 Å². The Kier molecular flexibility index (Phi) is 5.18. The normalized spacial score (nSPS) is 9.56. The molecule has 1 aromatic carbocycles. The Morgan fingerprint density at radius 3 is 2.78 bits per heavy atom. The van der Waals surface area contributed by atoms with E-state index in [4.69, 9.17) is 23.1 Å². The first-order valence-corrected chi connectivity index (χ1v) is 5.39. The monoisotopic (exact) mass is 266 g/mol. The van der Waals surface area contributed by atoms with Crippen LogP contribution in [0.25, 0.3) is 0 Å². The number of anilines is 1. The summed E-state index contributed by atoms with van der Waals surface area (Å²) in [7, 11) is 0. The third-order valence-corrected chi connectivity index (χ3v) is 2.33. The molecule has 94 valence electrons. The Morgan fingerprint density at radius 1 is 1.44 bits per heavy atom. The molecule has 0 aliphatic rings. The van der Waals surface area contributed by atoms with Gasteiger partial charge in [-0.2, -0.15) is 0 Å². The van der Waals surface area contributed by atoms with Crippen LogP contribution in [0.15, 0.2) is 18.2 Å². The van der Waals surface area contributed by atoms with E-state index in [2.05, 4.69) is 16.6 Å². The number of carbonyl (C=O) groups is 2. The van der Waals surface area contributed by atoms with Crippen LogP contribution in [0.2, 0.25) is 5.02 Å². The lowest BCUT2D eigenvalue weighted by Gasteiger charge is -2.08. The summed E-state index contributed by atoms with van der Waals surface area (Å²) in [5.41, 5.74) is 0.301. The number of carboxylic acids is 1. The van der Waals surface area contributed by atoms with Crippen molar-refractivity contribution in [2.24, 2.45) is 0 Å². The summed E-state index contributed by atoms with van der Waals surface area (Å²) >= 11 is 5.85. The molecule has 0 fully saturated rings. The largest absolute Gasteiger partial charge is 0.478 e. The fourth-order valence-electron chi connectivity index (χ4n) is 1.20. The molecule has 0 radical (unpaired) electrons. The number of halogens is 1. The lowest BCUT2D eigenvalue weighted by atomic mass is 10.2. The van der Waals surface area contributed by atoms with Gasteiger partial charge in [-0.05, 0) is 18.2 Å². The van der Waals surface area contributed by atoms with E-state index >= 15 is 0 Å². The van der Waals surface area contributed by atoms with Gasteiger partial charge in [0.05, 0.1) is 29.4 Å². The fraction of sp³-hybridized carbons (Fsp3) is 0.167. The lowest BCUT2D eigenvalue weighted by molar-refractivity contribution is -0.115. The average Bonchev–Trinajstić information content (AvgIpc) is 2.32. The van der Waals surface area contributed by atoms with Gasteiger partial charge in [0, 0.05) is 0 Å². The van der Waals surface area contributed by atoms with Crippen molar-refractivity contribution in [3.8, 4) is 12.3 Å². The first kappa shape index (κ1) is 14.0. The molecule has 0 bridgehead atoms. The highest BCUT2D eigenvalue weighted by Gasteiger charge is 2.09. The Morgan fingerprint density at radius 2 is 2.17 bits per heavy atom. The molecule has 0 aliphatic heterocycles. The predicted molar refractivity (Wildman–Crippen MR) is 68.7 cm³/mol. The second kappa shape index (κ2) is 6.64. The number of hydrogen-bond acceptors (Lipinski definition) is 3. The van der Waals surface area contributed by atoms with Crippen LogP contribution >= 0.6 is 11.6 Å². The van der Waals surface area contributed by atoms with Gasteiger partial charge in [-0.3, -0.25) is 10.1 Å². The first-order chi connectivity index (χ1) is 8.54. The van der Waals surface area contributed by atoms with Crippen molar-refractivity contribution >= 4 is 29.2 Å². The van der Waals surface area contributed by atoms with E-state index in [-0.39, 0.29) is 35.3 Å². The summed E-state index contributed by atoms with van der Waals surface area (Å²) in [6.07, 6.45) is 5.01. The van der Waals surface area contributed by atoms with Crippen molar-refractivity contribution < 1.29 is 14.7 Å². The predicted octanol–water partition coefficient (Wildman–Crippen LogP) is 1.20. The molecule has 0 saturated carbocycles. The van der Waals surface area contributed by atoms with E-state index in [1.807, 2.05) is 0 Å².